The van der Waals surface area contributed by atoms with Gasteiger partial charge in [0.05, 0.1) is 0 Å². The number of hydrogen-bond acceptors (Lipinski definition) is 4. The van der Waals surface area contributed by atoms with E-state index in [9.17, 15) is 0 Å². The quantitative estimate of drug-likeness (QED) is 0.177. The predicted molar refractivity (Wildman–Crippen MR) is 56.6 cm³/mol. The van der Waals surface area contributed by atoms with Gasteiger partial charge in [0.1, 0.15) is 5.84 Å². The first-order valence-electron chi connectivity index (χ1n) is 4.89. The zero-order valence-electron chi connectivity index (χ0n) is 8.99. The first-order chi connectivity index (χ1) is 6.70. The summed E-state index contributed by atoms with van der Waals surface area (Å²) in [6, 6.07) is 0.447. The number of methoxy groups -OCH3 is 1. The van der Waals surface area contributed by atoms with E-state index < -0.39 is 0 Å². The highest BCUT2D eigenvalue weighted by molar-refractivity contribution is 5.79. The Bertz CT molecular complexity index is 162. The fraction of sp³-hybridized carbons (Fsp3) is 0.889. The van der Waals surface area contributed by atoms with Crippen LogP contribution in [-0.2, 0) is 4.74 Å². The van der Waals surface area contributed by atoms with E-state index in [1.54, 1.807) is 7.11 Å². The van der Waals surface area contributed by atoms with Crippen LogP contribution in [0.15, 0.2) is 5.16 Å². The maximum Gasteiger partial charge on any atom is 0.139 e. The molecule has 0 aliphatic heterocycles. The summed E-state index contributed by atoms with van der Waals surface area (Å²) in [4.78, 5) is 0. The van der Waals surface area contributed by atoms with Crippen LogP contribution in [-0.4, -0.2) is 37.3 Å². The smallest absolute Gasteiger partial charge is 0.139 e. The molecule has 0 aromatic carbocycles. The molecule has 0 aliphatic carbocycles. The van der Waals surface area contributed by atoms with Gasteiger partial charge < -0.3 is 21.0 Å². The molecule has 0 spiro atoms. The zero-order valence-corrected chi connectivity index (χ0v) is 8.99. The number of rotatable bonds is 8. The molecule has 84 valence electrons. The molecule has 0 aliphatic rings. The van der Waals surface area contributed by atoms with Crippen LogP contribution < -0.4 is 11.1 Å². The van der Waals surface area contributed by atoms with Crippen molar-refractivity contribution in [3.05, 3.63) is 0 Å². The second kappa shape index (κ2) is 8.77. The summed E-state index contributed by atoms with van der Waals surface area (Å²) in [7, 11) is 1.70. The summed E-state index contributed by atoms with van der Waals surface area (Å²) in [6.07, 6.45) is 2.51. The number of nitrogens with two attached hydrogens (primary N) is 1. The number of oxime groups is 1. The van der Waals surface area contributed by atoms with E-state index in [4.69, 9.17) is 15.7 Å². The van der Waals surface area contributed by atoms with Crippen LogP contribution in [0.25, 0.3) is 0 Å². The summed E-state index contributed by atoms with van der Waals surface area (Å²) in [5.41, 5.74) is 5.32. The van der Waals surface area contributed by atoms with Crippen LogP contribution in [0.5, 0.6) is 0 Å². The molecule has 1 atom stereocenters. The topological polar surface area (TPSA) is 79.9 Å². The SMILES string of the molecule is COCCC(C)NCCCC(N)=NO. The van der Waals surface area contributed by atoms with Crippen molar-refractivity contribution in [2.75, 3.05) is 20.3 Å². The monoisotopic (exact) mass is 203 g/mol. The lowest BCUT2D eigenvalue weighted by molar-refractivity contribution is 0.185. The average Bonchev–Trinajstić information content (AvgIpc) is 2.21. The van der Waals surface area contributed by atoms with Gasteiger partial charge in [0.25, 0.3) is 0 Å². The molecule has 0 fully saturated rings. The van der Waals surface area contributed by atoms with Crippen LogP contribution in [0.4, 0.5) is 0 Å². The lowest BCUT2D eigenvalue weighted by Crippen LogP contribution is -2.28. The maximum absolute atomic E-state index is 8.29. The molecule has 5 nitrogen and oxygen atoms in total. The van der Waals surface area contributed by atoms with Crippen molar-refractivity contribution in [3.8, 4) is 0 Å². The van der Waals surface area contributed by atoms with Crippen molar-refractivity contribution in [1.82, 2.24) is 5.32 Å². The molecule has 0 rings (SSSR count). The van der Waals surface area contributed by atoms with Gasteiger partial charge in [-0.1, -0.05) is 5.16 Å². The standard InChI is InChI=1S/C9H21N3O2/c1-8(5-7-14-2)11-6-3-4-9(10)12-13/h8,11,13H,3-7H2,1-2H3,(H2,10,12). The van der Waals surface area contributed by atoms with E-state index in [1.807, 2.05) is 0 Å². The molecule has 14 heavy (non-hydrogen) atoms. The molecular weight excluding hydrogens is 182 g/mol. The van der Waals surface area contributed by atoms with Crippen molar-refractivity contribution < 1.29 is 9.94 Å². The first-order valence-corrected chi connectivity index (χ1v) is 4.89. The highest BCUT2D eigenvalue weighted by Crippen LogP contribution is 1.92. The lowest BCUT2D eigenvalue weighted by atomic mass is 10.2. The minimum Gasteiger partial charge on any atom is -0.409 e. The molecule has 0 radical (unpaired) electrons. The maximum atomic E-state index is 8.29. The third-order valence-corrected chi connectivity index (χ3v) is 1.99. The molecule has 0 bridgehead atoms. The molecule has 0 aromatic heterocycles. The van der Waals surface area contributed by atoms with Crippen LogP contribution in [0, 0.1) is 0 Å². The van der Waals surface area contributed by atoms with Gasteiger partial charge in [0, 0.05) is 26.2 Å². The molecule has 0 saturated carbocycles. The number of hydrogen-bond donors (Lipinski definition) is 3. The first kappa shape index (κ1) is 13.2. The number of nitrogens with zero attached hydrogens (tertiary/aromatic N) is 1. The summed E-state index contributed by atoms with van der Waals surface area (Å²) in [5.74, 6) is 0.288. The number of amidine groups is 1. The second-order valence-corrected chi connectivity index (χ2v) is 3.33. The van der Waals surface area contributed by atoms with Gasteiger partial charge in [0.15, 0.2) is 0 Å². The van der Waals surface area contributed by atoms with E-state index in [1.165, 1.54) is 0 Å². The van der Waals surface area contributed by atoms with E-state index in [0.717, 1.165) is 26.0 Å². The van der Waals surface area contributed by atoms with Crippen molar-refractivity contribution in [3.63, 3.8) is 0 Å². The Kier molecular flexibility index (Phi) is 8.27. The molecule has 0 heterocycles. The normalized spacial score (nSPS) is 14.3. The predicted octanol–water partition coefficient (Wildman–Crippen LogP) is 0.528. The fourth-order valence-corrected chi connectivity index (χ4v) is 1.06. The van der Waals surface area contributed by atoms with E-state index in [-0.39, 0.29) is 5.84 Å². The van der Waals surface area contributed by atoms with Crippen LogP contribution in [0.1, 0.15) is 26.2 Å². The summed E-state index contributed by atoms with van der Waals surface area (Å²) >= 11 is 0. The molecular formula is C9H21N3O2. The number of nitrogens with one attached hydrogen (secondary N) is 1. The Morgan fingerprint density at radius 3 is 2.93 bits per heavy atom. The molecule has 0 saturated heterocycles. The Hall–Kier alpha value is -0.810. The van der Waals surface area contributed by atoms with Crippen molar-refractivity contribution in [2.24, 2.45) is 10.9 Å². The third kappa shape index (κ3) is 7.82. The van der Waals surface area contributed by atoms with E-state index in [0.29, 0.717) is 12.5 Å². The van der Waals surface area contributed by atoms with Crippen LogP contribution >= 0.6 is 0 Å². The van der Waals surface area contributed by atoms with Crippen LogP contribution in [0.3, 0.4) is 0 Å². The van der Waals surface area contributed by atoms with Gasteiger partial charge in [0.2, 0.25) is 0 Å². The zero-order chi connectivity index (χ0) is 10.8. The third-order valence-electron chi connectivity index (χ3n) is 1.99. The molecule has 5 heteroatoms. The van der Waals surface area contributed by atoms with Gasteiger partial charge in [-0.05, 0) is 26.3 Å². The molecule has 4 N–H and O–H groups in total. The summed E-state index contributed by atoms with van der Waals surface area (Å²) in [5, 5.41) is 14.5. The van der Waals surface area contributed by atoms with E-state index >= 15 is 0 Å². The Balaban J connectivity index is 3.27. The molecule has 1 unspecified atom stereocenters. The van der Waals surface area contributed by atoms with Crippen molar-refractivity contribution in [1.29, 1.82) is 0 Å². The van der Waals surface area contributed by atoms with Crippen LogP contribution in [0.2, 0.25) is 0 Å². The summed E-state index contributed by atoms with van der Waals surface area (Å²) in [6.45, 7) is 3.76. The average molecular weight is 203 g/mol. The Morgan fingerprint density at radius 1 is 1.64 bits per heavy atom. The minimum atomic E-state index is 0.288. The highest BCUT2D eigenvalue weighted by atomic mass is 16.5. The van der Waals surface area contributed by atoms with E-state index in [2.05, 4.69) is 17.4 Å². The van der Waals surface area contributed by atoms with Crippen molar-refractivity contribution >= 4 is 5.84 Å². The van der Waals surface area contributed by atoms with Gasteiger partial charge in [-0.15, -0.1) is 0 Å². The lowest BCUT2D eigenvalue weighted by Gasteiger charge is -2.12. The second-order valence-electron chi connectivity index (χ2n) is 3.33. The fourth-order valence-electron chi connectivity index (χ4n) is 1.06. The molecule has 0 aromatic rings. The van der Waals surface area contributed by atoms with Gasteiger partial charge in [-0.2, -0.15) is 0 Å². The minimum absolute atomic E-state index is 0.288. The Labute approximate surface area is 85.3 Å². The number of ether oxygens (including phenoxy) is 1. The highest BCUT2D eigenvalue weighted by Gasteiger charge is 2.00. The molecule has 0 amide bonds. The van der Waals surface area contributed by atoms with Gasteiger partial charge in [-0.25, -0.2) is 0 Å². The van der Waals surface area contributed by atoms with Crippen molar-refractivity contribution in [2.45, 2.75) is 32.2 Å². The van der Waals surface area contributed by atoms with Gasteiger partial charge >= 0.3 is 0 Å². The summed E-state index contributed by atoms with van der Waals surface area (Å²) < 4.78 is 4.96. The van der Waals surface area contributed by atoms with Gasteiger partial charge in [-0.3, -0.25) is 0 Å². The largest absolute Gasteiger partial charge is 0.409 e. The Morgan fingerprint density at radius 2 is 2.36 bits per heavy atom.